The van der Waals surface area contributed by atoms with Crippen LogP contribution in [-0.4, -0.2) is 22.5 Å². The van der Waals surface area contributed by atoms with Crippen molar-refractivity contribution in [2.45, 2.75) is 37.0 Å². The van der Waals surface area contributed by atoms with Gasteiger partial charge in [0.05, 0.1) is 5.52 Å². The van der Waals surface area contributed by atoms with Crippen molar-refractivity contribution < 1.29 is 0 Å². The van der Waals surface area contributed by atoms with Gasteiger partial charge in [-0.3, -0.25) is 4.98 Å². The third-order valence-corrected chi connectivity index (χ3v) is 5.45. The number of nitrogens with one attached hydrogen (secondary N) is 1. The van der Waals surface area contributed by atoms with Crippen LogP contribution in [0.1, 0.15) is 25.7 Å². The molecule has 4 heteroatoms. The van der Waals surface area contributed by atoms with Gasteiger partial charge in [-0.2, -0.15) is 11.8 Å². The highest BCUT2D eigenvalue weighted by molar-refractivity contribution is 7.99. The molecule has 0 saturated heterocycles. The Morgan fingerprint density at radius 1 is 1.20 bits per heavy atom. The number of hydrogen-bond acceptors (Lipinski definition) is 3. The van der Waals surface area contributed by atoms with Gasteiger partial charge < -0.3 is 5.32 Å². The summed E-state index contributed by atoms with van der Waals surface area (Å²) >= 11 is 8.04. The highest BCUT2D eigenvalue weighted by Gasteiger charge is 2.20. The molecule has 2 nitrogen and oxygen atoms in total. The Hall–Kier alpha value is -0.930. The van der Waals surface area contributed by atoms with E-state index in [1.807, 2.05) is 30.1 Å². The fourth-order valence-corrected chi connectivity index (χ4v) is 3.82. The third-order valence-electron chi connectivity index (χ3n) is 4.07. The van der Waals surface area contributed by atoms with E-state index < -0.39 is 0 Å². The normalized spacial score (nSPS) is 22.9. The molecular weight excluding hydrogens is 288 g/mol. The second kappa shape index (κ2) is 6.23. The van der Waals surface area contributed by atoms with Gasteiger partial charge in [-0.05, 0) is 56.2 Å². The van der Waals surface area contributed by atoms with Gasteiger partial charge in [0, 0.05) is 33.6 Å². The van der Waals surface area contributed by atoms with Crippen LogP contribution in [0.3, 0.4) is 0 Å². The Morgan fingerprint density at radius 3 is 2.75 bits per heavy atom. The second-order valence-electron chi connectivity index (χ2n) is 5.37. The summed E-state index contributed by atoms with van der Waals surface area (Å²) in [6.45, 7) is 0. The Bertz CT molecular complexity index is 594. The molecule has 0 bridgehead atoms. The monoisotopic (exact) mass is 306 g/mol. The number of halogens is 1. The van der Waals surface area contributed by atoms with E-state index in [4.69, 9.17) is 11.6 Å². The number of hydrogen-bond donors (Lipinski definition) is 1. The standard InChI is InChI=1S/C16H19ClN2S/c1-20-13-5-3-12(4-6-13)19-15-8-9-18-16-10-11(17)2-7-14(15)16/h2,7-10,12-13H,3-6H2,1H3,(H,18,19). The minimum absolute atomic E-state index is 0.583. The van der Waals surface area contributed by atoms with E-state index >= 15 is 0 Å². The number of nitrogens with zero attached hydrogens (tertiary/aromatic N) is 1. The highest BCUT2D eigenvalue weighted by atomic mass is 35.5. The lowest BCUT2D eigenvalue weighted by Crippen LogP contribution is -2.27. The number of fused-ring (bicyclic) bond motifs is 1. The Labute approximate surface area is 129 Å². The summed E-state index contributed by atoms with van der Waals surface area (Å²) in [5, 5.41) is 6.44. The lowest BCUT2D eigenvalue weighted by atomic mass is 9.94. The van der Waals surface area contributed by atoms with E-state index in [0.717, 1.165) is 21.2 Å². The lowest BCUT2D eigenvalue weighted by Gasteiger charge is -2.29. The van der Waals surface area contributed by atoms with Crippen LogP contribution >= 0.6 is 23.4 Å². The third kappa shape index (κ3) is 3.04. The molecule has 1 aliphatic carbocycles. The topological polar surface area (TPSA) is 24.9 Å². The molecule has 3 rings (SSSR count). The van der Waals surface area contributed by atoms with Crippen LogP contribution in [0, 0.1) is 0 Å². The van der Waals surface area contributed by atoms with Crippen molar-refractivity contribution >= 4 is 40.0 Å². The molecule has 106 valence electrons. The van der Waals surface area contributed by atoms with E-state index in [9.17, 15) is 0 Å². The Morgan fingerprint density at radius 2 is 2.00 bits per heavy atom. The maximum Gasteiger partial charge on any atom is 0.0737 e. The molecule has 2 aromatic rings. The summed E-state index contributed by atoms with van der Waals surface area (Å²) in [6.07, 6.45) is 9.21. The molecule has 1 saturated carbocycles. The predicted molar refractivity (Wildman–Crippen MR) is 89.9 cm³/mol. The number of thioether (sulfide) groups is 1. The Kier molecular flexibility index (Phi) is 4.37. The summed E-state index contributed by atoms with van der Waals surface area (Å²) in [7, 11) is 0. The maximum absolute atomic E-state index is 6.03. The molecule has 1 aromatic heterocycles. The van der Waals surface area contributed by atoms with Gasteiger partial charge in [0.15, 0.2) is 0 Å². The quantitative estimate of drug-likeness (QED) is 0.866. The molecule has 0 amide bonds. The largest absolute Gasteiger partial charge is 0.382 e. The van der Waals surface area contributed by atoms with Gasteiger partial charge in [0.2, 0.25) is 0 Å². The van der Waals surface area contributed by atoms with Gasteiger partial charge in [-0.15, -0.1) is 0 Å². The maximum atomic E-state index is 6.03. The van der Waals surface area contributed by atoms with E-state index in [-0.39, 0.29) is 0 Å². The average molecular weight is 307 g/mol. The van der Waals surface area contributed by atoms with Crippen molar-refractivity contribution in [2.75, 3.05) is 11.6 Å². The molecule has 1 aromatic carbocycles. The van der Waals surface area contributed by atoms with Crippen LogP contribution in [0.15, 0.2) is 30.5 Å². The van der Waals surface area contributed by atoms with Gasteiger partial charge in [-0.25, -0.2) is 0 Å². The minimum Gasteiger partial charge on any atom is -0.382 e. The van der Waals surface area contributed by atoms with Gasteiger partial charge in [-0.1, -0.05) is 11.6 Å². The molecule has 1 heterocycles. The first kappa shape index (κ1) is 14.0. The van der Waals surface area contributed by atoms with Gasteiger partial charge in [0.1, 0.15) is 0 Å². The molecule has 20 heavy (non-hydrogen) atoms. The molecule has 1 N–H and O–H groups in total. The van der Waals surface area contributed by atoms with E-state index in [1.165, 1.54) is 31.4 Å². The molecule has 0 spiro atoms. The zero-order valence-corrected chi connectivity index (χ0v) is 13.2. The first-order valence-electron chi connectivity index (χ1n) is 7.10. The lowest BCUT2D eigenvalue weighted by molar-refractivity contribution is 0.473. The van der Waals surface area contributed by atoms with Crippen molar-refractivity contribution in [1.29, 1.82) is 0 Å². The van der Waals surface area contributed by atoms with Crippen molar-refractivity contribution in [3.63, 3.8) is 0 Å². The Balaban J connectivity index is 1.78. The smallest absolute Gasteiger partial charge is 0.0737 e. The average Bonchev–Trinajstić information content (AvgIpc) is 2.48. The summed E-state index contributed by atoms with van der Waals surface area (Å²) in [5.74, 6) is 0. The SMILES string of the molecule is CSC1CCC(Nc2ccnc3cc(Cl)ccc23)CC1. The molecular formula is C16H19ClN2S. The van der Waals surface area contributed by atoms with Crippen molar-refractivity contribution in [1.82, 2.24) is 4.98 Å². The van der Waals surface area contributed by atoms with E-state index in [0.29, 0.717) is 6.04 Å². The van der Waals surface area contributed by atoms with Crippen LogP contribution in [0.2, 0.25) is 5.02 Å². The highest BCUT2D eigenvalue weighted by Crippen LogP contribution is 2.31. The first-order valence-corrected chi connectivity index (χ1v) is 8.76. The van der Waals surface area contributed by atoms with E-state index in [2.05, 4.69) is 28.7 Å². The predicted octanol–water partition coefficient (Wildman–Crippen LogP) is 4.97. The molecule has 0 radical (unpaired) electrons. The summed E-state index contributed by atoms with van der Waals surface area (Å²) in [6, 6.07) is 8.56. The van der Waals surface area contributed by atoms with Gasteiger partial charge >= 0.3 is 0 Å². The number of benzene rings is 1. The fraction of sp³-hybridized carbons (Fsp3) is 0.438. The van der Waals surface area contributed by atoms with Crippen molar-refractivity contribution in [3.05, 3.63) is 35.5 Å². The van der Waals surface area contributed by atoms with Crippen LogP contribution in [0.5, 0.6) is 0 Å². The van der Waals surface area contributed by atoms with Crippen LogP contribution in [0.25, 0.3) is 10.9 Å². The fourth-order valence-electron chi connectivity index (χ4n) is 2.91. The molecule has 0 unspecified atom stereocenters. The van der Waals surface area contributed by atoms with E-state index in [1.54, 1.807) is 0 Å². The summed E-state index contributed by atoms with van der Waals surface area (Å²) in [4.78, 5) is 4.39. The summed E-state index contributed by atoms with van der Waals surface area (Å²) in [5.41, 5.74) is 2.14. The first-order chi connectivity index (χ1) is 9.76. The van der Waals surface area contributed by atoms with Crippen molar-refractivity contribution in [2.24, 2.45) is 0 Å². The number of rotatable bonds is 3. The molecule has 1 aliphatic rings. The second-order valence-corrected chi connectivity index (χ2v) is 6.95. The minimum atomic E-state index is 0.583. The number of pyridine rings is 1. The summed E-state index contributed by atoms with van der Waals surface area (Å²) < 4.78 is 0. The van der Waals surface area contributed by atoms with Crippen LogP contribution in [0.4, 0.5) is 5.69 Å². The van der Waals surface area contributed by atoms with Crippen molar-refractivity contribution in [3.8, 4) is 0 Å². The molecule has 0 atom stereocenters. The van der Waals surface area contributed by atoms with Crippen LogP contribution < -0.4 is 5.32 Å². The zero-order valence-electron chi connectivity index (χ0n) is 11.6. The number of anilines is 1. The molecule has 0 aliphatic heterocycles. The molecule has 1 fully saturated rings. The van der Waals surface area contributed by atoms with Gasteiger partial charge in [0.25, 0.3) is 0 Å². The van der Waals surface area contributed by atoms with Crippen LogP contribution in [-0.2, 0) is 0 Å². The number of aromatic nitrogens is 1. The zero-order chi connectivity index (χ0) is 13.9.